The van der Waals surface area contributed by atoms with Crippen molar-refractivity contribution >= 4 is 45.8 Å². The number of hydrogen-bond acceptors (Lipinski definition) is 13. The van der Waals surface area contributed by atoms with Gasteiger partial charge in [-0.25, -0.2) is 23.3 Å². The molecular weight excluding hydrogens is 833 g/mol. The van der Waals surface area contributed by atoms with E-state index in [1.165, 1.54) is 21.5 Å². The second-order valence-corrected chi connectivity index (χ2v) is 17.1. The van der Waals surface area contributed by atoms with Crippen molar-refractivity contribution in [1.29, 1.82) is 0 Å². The maximum absolute atomic E-state index is 14.3. The molecule has 0 bridgehead atoms. The van der Waals surface area contributed by atoms with Crippen molar-refractivity contribution in [2.45, 2.75) is 89.3 Å². The molecule has 4 aromatic heterocycles. The van der Waals surface area contributed by atoms with E-state index in [1.807, 2.05) is 6.07 Å². The summed E-state index contributed by atoms with van der Waals surface area (Å²) in [5.41, 5.74) is 0.153. The summed E-state index contributed by atoms with van der Waals surface area (Å²) in [6, 6.07) is 6.21. The molecule has 1 aromatic carbocycles. The van der Waals surface area contributed by atoms with Crippen LogP contribution in [0.3, 0.4) is 0 Å². The molecule has 1 atom stereocenters. The Morgan fingerprint density at radius 2 is 1.78 bits per heavy atom. The summed E-state index contributed by atoms with van der Waals surface area (Å²) < 4.78 is 50.7. The number of benzene rings is 1. The Hall–Kier alpha value is -5.86. The van der Waals surface area contributed by atoms with Crippen LogP contribution in [0.5, 0.6) is 5.75 Å². The van der Waals surface area contributed by atoms with Crippen molar-refractivity contribution in [3.63, 3.8) is 0 Å². The van der Waals surface area contributed by atoms with E-state index in [4.69, 9.17) is 14.2 Å². The largest absolute Gasteiger partial charge is 0.493 e. The highest BCUT2D eigenvalue weighted by Gasteiger charge is 2.32. The maximum atomic E-state index is 14.3. The summed E-state index contributed by atoms with van der Waals surface area (Å²) >= 11 is 0. The van der Waals surface area contributed by atoms with Gasteiger partial charge in [0.25, 0.3) is 17.9 Å². The molecule has 9 rings (SSSR count). The number of rotatable bonds is 14. The van der Waals surface area contributed by atoms with Gasteiger partial charge in [-0.3, -0.25) is 33.7 Å². The van der Waals surface area contributed by atoms with E-state index in [0.29, 0.717) is 85.8 Å². The Bertz CT molecular complexity index is 2560. The van der Waals surface area contributed by atoms with Gasteiger partial charge in [-0.15, -0.1) is 0 Å². The highest BCUT2D eigenvalue weighted by molar-refractivity contribution is 6.08. The van der Waals surface area contributed by atoms with Crippen LogP contribution in [0.2, 0.25) is 0 Å². The van der Waals surface area contributed by atoms with E-state index in [9.17, 15) is 28.0 Å². The van der Waals surface area contributed by atoms with Crippen LogP contribution in [0, 0.1) is 12.8 Å². The summed E-state index contributed by atoms with van der Waals surface area (Å²) in [5.74, 6) is 0.528. The predicted molar refractivity (Wildman–Crippen MR) is 230 cm³/mol. The first-order valence-electron chi connectivity index (χ1n) is 22.3. The molecular formula is C44H53F2N11O7. The van der Waals surface area contributed by atoms with E-state index in [-0.39, 0.29) is 47.7 Å². The minimum Gasteiger partial charge on any atom is -0.493 e. The lowest BCUT2D eigenvalue weighted by Gasteiger charge is -2.36. The molecule has 0 radical (unpaired) electrons. The van der Waals surface area contributed by atoms with Crippen molar-refractivity contribution in [1.82, 2.24) is 44.1 Å². The number of ether oxygens (including phenoxy) is 3. The number of carbonyl (C=O) groups is 3. The number of likely N-dealkylation sites (tertiary alicyclic amines) is 1. The van der Waals surface area contributed by atoms with Crippen LogP contribution in [-0.2, 0) is 19.1 Å². The molecule has 3 aliphatic heterocycles. The number of piperidine rings is 2. The lowest BCUT2D eigenvalue weighted by molar-refractivity contribution is -0.135. The Morgan fingerprint density at radius 1 is 0.984 bits per heavy atom. The fourth-order valence-corrected chi connectivity index (χ4v) is 9.47. The highest BCUT2D eigenvalue weighted by atomic mass is 19.3. The minimum atomic E-state index is -2.86. The van der Waals surface area contributed by atoms with Crippen LogP contribution in [0.4, 0.5) is 20.3 Å². The number of nitrogens with zero attached hydrogens (tertiary/aromatic N) is 9. The number of nitrogens with one attached hydrogen (secondary N) is 2. The van der Waals surface area contributed by atoms with Crippen LogP contribution in [0.25, 0.3) is 16.6 Å². The molecule has 18 nitrogen and oxygen atoms in total. The normalized spacial score (nSPS) is 21.5. The zero-order valence-electron chi connectivity index (χ0n) is 35.8. The van der Waals surface area contributed by atoms with E-state index in [0.717, 1.165) is 58.2 Å². The quantitative estimate of drug-likeness (QED) is 0.116. The standard InChI is InChI=1S/C44H53F2N11O7/c1-27-48-32-4-2-5-35(38(32)44(61)57(27)34-10-11-37(58)51-43(34)60)64-21-3-20-63-30-12-15-53(16-13-30)25-28-6-8-29(9-7-28)56-26-33(39(52-56)40(45)46)49-42(59)31-24-47-55-17-14-36(50-41(31)55)54-18-22-62-23-19-54/h2,4-5,14,17,24,26,28-30,34,40H,3,6-13,15-16,18-23,25H2,1H3,(H,49,59)(H,51,58,60). The van der Waals surface area contributed by atoms with Gasteiger partial charge >= 0.3 is 0 Å². The zero-order valence-corrected chi connectivity index (χ0v) is 35.8. The van der Waals surface area contributed by atoms with Gasteiger partial charge in [0.2, 0.25) is 11.8 Å². The first-order chi connectivity index (χ1) is 31.1. The second kappa shape index (κ2) is 19.1. The molecule has 64 heavy (non-hydrogen) atoms. The Morgan fingerprint density at radius 3 is 2.55 bits per heavy atom. The van der Waals surface area contributed by atoms with Gasteiger partial charge in [-0.2, -0.15) is 10.2 Å². The van der Waals surface area contributed by atoms with E-state index in [1.54, 1.807) is 36.0 Å². The molecule has 20 heteroatoms. The van der Waals surface area contributed by atoms with Gasteiger partial charge in [0.1, 0.15) is 34.4 Å². The average Bonchev–Trinajstić information content (AvgIpc) is 3.93. The number of morpholine rings is 1. The van der Waals surface area contributed by atoms with Gasteiger partial charge in [0.05, 0.1) is 56.0 Å². The zero-order chi connectivity index (χ0) is 44.3. The summed E-state index contributed by atoms with van der Waals surface area (Å²) in [6.07, 6.45) is 8.28. The number of fused-ring (bicyclic) bond motifs is 2. The fraction of sp³-hybridized carbons (Fsp3) is 0.545. The van der Waals surface area contributed by atoms with Gasteiger partial charge in [-0.1, -0.05) is 6.07 Å². The smallest absolute Gasteiger partial charge is 0.284 e. The second-order valence-electron chi connectivity index (χ2n) is 17.1. The topological polar surface area (TPSA) is 192 Å². The monoisotopic (exact) mass is 885 g/mol. The van der Waals surface area contributed by atoms with Crippen LogP contribution < -0.4 is 25.8 Å². The molecule has 3 amide bonds. The number of hydrogen-bond donors (Lipinski definition) is 2. The summed E-state index contributed by atoms with van der Waals surface area (Å²) in [7, 11) is 0. The van der Waals surface area contributed by atoms with Crippen LogP contribution in [-0.4, -0.2) is 122 Å². The highest BCUT2D eigenvalue weighted by Crippen LogP contribution is 2.36. The fourth-order valence-electron chi connectivity index (χ4n) is 9.47. The van der Waals surface area contributed by atoms with Gasteiger partial charge in [0.15, 0.2) is 11.3 Å². The predicted octanol–water partition coefficient (Wildman–Crippen LogP) is 4.63. The van der Waals surface area contributed by atoms with Crippen molar-refractivity contribution in [2.24, 2.45) is 5.92 Å². The number of anilines is 2. The van der Waals surface area contributed by atoms with Crippen LogP contribution >= 0.6 is 0 Å². The van der Waals surface area contributed by atoms with Crippen LogP contribution in [0.15, 0.2) is 47.7 Å². The molecule has 1 unspecified atom stereocenters. The Balaban J connectivity index is 0.716. The molecule has 3 saturated heterocycles. The van der Waals surface area contributed by atoms with E-state index >= 15 is 0 Å². The Kier molecular flexibility index (Phi) is 12.9. The first-order valence-corrected chi connectivity index (χ1v) is 22.3. The molecule has 7 heterocycles. The average molecular weight is 886 g/mol. The maximum Gasteiger partial charge on any atom is 0.284 e. The Labute approximate surface area is 367 Å². The lowest BCUT2D eigenvalue weighted by atomic mass is 9.85. The van der Waals surface area contributed by atoms with Crippen molar-refractivity contribution in [3.05, 3.63) is 70.3 Å². The van der Waals surface area contributed by atoms with Crippen LogP contribution in [0.1, 0.15) is 98.2 Å². The van der Waals surface area contributed by atoms with Gasteiger partial charge in [0, 0.05) is 58.0 Å². The van der Waals surface area contributed by atoms with Gasteiger partial charge in [-0.05, 0) is 76.0 Å². The summed E-state index contributed by atoms with van der Waals surface area (Å²) in [6.45, 7) is 7.87. The molecule has 5 aromatic rings. The number of aryl methyl sites for hydroxylation is 1. The number of alkyl halides is 2. The van der Waals surface area contributed by atoms with Crippen molar-refractivity contribution in [2.75, 3.05) is 69.4 Å². The summed E-state index contributed by atoms with van der Waals surface area (Å²) in [4.78, 5) is 65.3. The van der Waals surface area contributed by atoms with Crippen molar-refractivity contribution < 1.29 is 37.4 Å². The minimum absolute atomic E-state index is 0.0139. The molecule has 1 saturated carbocycles. The number of aromatic nitrogens is 7. The molecule has 0 spiro atoms. The molecule has 4 aliphatic rings. The van der Waals surface area contributed by atoms with E-state index in [2.05, 4.69) is 40.6 Å². The number of amides is 3. The third-order valence-corrected chi connectivity index (χ3v) is 12.9. The molecule has 2 N–H and O–H groups in total. The number of halogens is 2. The molecule has 4 fully saturated rings. The third-order valence-electron chi connectivity index (χ3n) is 12.9. The number of carbonyl (C=O) groups excluding carboxylic acids is 3. The summed E-state index contributed by atoms with van der Waals surface area (Å²) in [5, 5.41) is 13.8. The third kappa shape index (κ3) is 9.35. The molecule has 340 valence electrons. The van der Waals surface area contributed by atoms with Gasteiger partial charge < -0.3 is 29.3 Å². The lowest BCUT2D eigenvalue weighted by Crippen LogP contribution is -2.45. The first kappa shape index (κ1) is 43.4. The molecule has 1 aliphatic carbocycles. The number of imide groups is 1. The van der Waals surface area contributed by atoms with E-state index < -0.39 is 30.0 Å². The SMILES string of the molecule is Cc1nc2cccc(OCCCOC3CCN(CC4CCC(n5cc(NC(=O)c6cnn7ccc(N8CCOCC8)nc67)c(C(F)F)n5)CC4)CC3)c2c(=O)n1C1CCC(=O)NC1=O. The van der Waals surface area contributed by atoms with Crippen molar-refractivity contribution in [3.8, 4) is 5.75 Å².